The molecule has 0 saturated heterocycles. The second-order valence-corrected chi connectivity index (χ2v) is 17.6. The van der Waals surface area contributed by atoms with Gasteiger partial charge in [0.25, 0.3) is 0 Å². The predicted octanol–water partition coefficient (Wildman–Crippen LogP) is 8.36. The van der Waals surface area contributed by atoms with E-state index >= 15 is 0 Å². The van der Waals surface area contributed by atoms with Crippen LogP contribution in [-0.4, -0.2) is 45.8 Å². The minimum absolute atomic E-state index is 0.0196. The Balaban J connectivity index is 1.37. The number of ether oxygens (including phenoxy) is 2. The van der Waals surface area contributed by atoms with E-state index < -0.39 is 17.5 Å². The van der Waals surface area contributed by atoms with E-state index in [2.05, 4.69) is 48.1 Å². The van der Waals surface area contributed by atoms with Crippen molar-refractivity contribution in [1.82, 2.24) is 0 Å². The van der Waals surface area contributed by atoms with E-state index in [4.69, 9.17) is 19.7 Å². The maximum absolute atomic E-state index is 13.2. The fourth-order valence-corrected chi connectivity index (χ4v) is 12.7. The summed E-state index contributed by atoms with van der Waals surface area (Å²) in [5.74, 6) is -0.373. The van der Waals surface area contributed by atoms with Gasteiger partial charge in [-0.05, 0) is 124 Å². The number of fused-ring (bicyclic) bond motifs is 7. The average molecular weight is 657 g/mol. The van der Waals surface area contributed by atoms with Gasteiger partial charge in [0, 0.05) is 37.0 Å². The Labute approximate surface area is 281 Å². The SMILES string of the molecule is C=C(C)C1CCC2(OC(=O)CCCC(=O)O)CCC3(C)C(CCC4C5(C)CCC(OC(=O)CCCC(=O)O)C(C)(C)C5CCC43C)C12. The average Bonchev–Trinajstić information content (AvgIpc) is 3.34. The third-order valence-corrected chi connectivity index (χ3v) is 15.1. The van der Waals surface area contributed by atoms with Crippen molar-refractivity contribution in [2.75, 3.05) is 0 Å². The molecule has 0 amide bonds. The van der Waals surface area contributed by atoms with Crippen molar-refractivity contribution in [2.45, 2.75) is 156 Å². The normalized spacial score (nSPS) is 41.7. The van der Waals surface area contributed by atoms with Crippen LogP contribution in [0, 0.1) is 51.2 Å². The van der Waals surface area contributed by atoms with Gasteiger partial charge in [0.05, 0.1) is 0 Å². The molecule has 0 aromatic rings. The molecule has 5 aliphatic rings. The van der Waals surface area contributed by atoms with E-state index in [0.717, 1.165) is 64.2 Å². The van der Waals surface area contributed by atoms with E-state index in [-0.39, 0.29) is 71.3 Å². The third kappa shape index (κ3) is 6.06. The molecule has 2 N–H and O–H groups in total. The number of carbonyl (C=O) groups is 4. The van der Waals surface area contributed by atoms with E-state index in [1.165, 1.54) is 5.57 Å². The van der Waals surface area contributed by atoms with Crippen LogP contribution in [0.3, 0.4) is 0 Å². The zero-order valence-electron chi connectivity index (χ0n) is 29.8. The van der Waals surface area contributed by atoms with Gasteiger partial charge in [-0.1, -0.05) is 46.8 Å². The van der Waals surface area contributed by atoms with Gasteiger partial charge in [-0.15, -0.1) is 0 Å². The summed E-state index contributed by atoms with van der Waals surface area (Å²) >= 11 is 0. The van der Waals surface area contributed by atoms with Gasteiger partial charge in [0.1, 0.15) is 11.7 Å². The molecule has 8 nitrogen and oxygen atoms in total. The Hall–Kier alpha value is -2.38. The van der Waals surface area contributed by atoms with Crippen molar-refractivity contribution in [2.24, 2.45) is 51.2 Å². The highest BCUT2D eigenvalue weighted by Crippen LogP contribution is 2.76. The quantitative estimate of drug-likeness (QED) is 0.168. The smallest absolute Gasteiger partial charge is 0.306 e. The fraction of sp³-hybridized carbons (Fsp3) is 0.846. The maximum atomic E-state index is 13.2. The number of aliphatic carboxylic acids is 2. The van der Waals surface area contributed by atoms with Crippen LogP contribution >= 0.6 is 0 Å². The van der Waals surface area contributed by atoms with Crippen LogP contribution < -0.4 is 0 Å². The van der Waals surface area contributed by atoms with Gasteiger partial charge in [-0.25, -0.2) is 0 Å². The molecule has 264 valence electrons. The Morgan fingerprint density at radius 1 is 0.702 bits per heavy atom. The summed E-state index contributed by atoms with van der Waals surface area (Å²) in [5.41, 5.74) is 0.837. The molecule has 5 saturated carbocycles. The molecule has 0 radical (unpaired) electrons. The standard InChI is InChI=1S/C39H60O8/c1-24(2)25-16-21-39(47-33(45)13-9-11-31(42)43)23-22-37(6)26(34(25)39)14-15-28-36(5)19-18-29(46-32(44)12-8-10-30(40)41)35(3,4)27(36)17-20-38(28,37)7/h25-29,34H,1,8-23H2,2-7H3,(H,40,41)(H,42,43). The zero-order chi connectivity index (χ0) is 34.6. The van der Waals surface area contributed by atoms with Crippen molar-refractivity contribution in [3.63, 3.8) is 0 Å². The first-order chi connectivity index (χ1) is 21.9. The molecule has 0 aliphatic heterocycles. The number of hydrogen-bond donors (Lipinski definition) is 2. The number of carboxylic acids is 2. The lowest BCUT2D eigenvalue weighted by Gasteiger charge is -2.72. The lowest BCUT2D eigenvalue weighted by molar-refractivity contribution is -0.259. The molecule has 10 unspecified atom stereocenters. The van der Waals surface area contributed by atoms with Crippen molar-refractivity contribution in [3.8, 4) is 0 Å². The van der Waals surface area contributed by atoms with E-state index in [0.29, 0.717) is 36.5 Å². The third-order valence-electron chi connectivity index (χ3n) is 15.1. The van der Waals surface area contributed by atoms with Gasteiger partial charge in [0.2, 0.25) is 0 Å². The van der Waals surface area contributed by atoms with E-state index in [1.54, 1.807) is 0 Å². The van der Waals surface area contributed by atoms with Crippen LogP contribution in [0.4, 0.5) is 0 Å². The summed E-state index contributed by atoms with van der Waals surface area (Å²) in [6, 6.07) is 0. The second-order valence-electron chi connectivity index (χ2n) is 17.6. The van der Waals surface area contributed by atoms with E-state index in [9.17, 15) is 19.2 Å². The maximum Gasteiger partial charge on any atom is 0.306 e. The Morgan fingerprint density at radius 2 is 1.34 bits per heavy atom. The van der Waals surface area contributed by atoms with Crippen molar-refractivity contribution >= 4 is 23.9 Å². The van der Waals surface area contributed by atoms with Gasteiger partial charge in [0.15, 0.2) is 0 Å². The summed E-state index contributed by atoms with van der Waals surface area (Å²) in [6.07, 6.45) is 10.7. The van der Waals surface area contributed by atoms with Crippen molar-refractivity contribution in [1.29, 1.82) is 0 Å². The lowest BCUT2D eigenvalue weighted by atomic mass is 9.33. The van der Waals surface area contributed by atoms with Crippen LogP contribution in [0.5, 0.6) is 0 Å². The van der Waals surface area contributed by atoms with Crippen LogP contribution in [0.25, 0.3) is 0 Å². The summed E-state index contributed by atoms with van der Waals surface area (Å²) < 4.78 is 12.6. The minimum atomic E-state index is -0.888. The molecule has 0 heterocycles. The molecule has 5 rings (SSSR count). The molecule has 0 aromatic heterocycles. The van der Waals surface area contributed by atoms with Gasteiger partial charge in [-0.3, -0.25) is 19.2 Å². The minimum Gasteiger partial charge on any atom is -0.481 e. The summed E-state index contributed by atoms with van der Waals surface area (Å²) in [7, 11) is 0. The number of rotatable bonds is 11. The molecule has 5 aliphatic carbocycles. The molecule has 47 heavy (non-hydrogen) atoms. The first-order valence-electron chi connectivity index (χ1n) is 18.4. The number of esters is 2. The molecule has 0 spiro atoms. The Morgan fingerprint density at radius 3 is 1.96 bits per heavy atom. The van der Waals surface area contributed by atoms with E-state index in [1.807, 2.05) is 0 Å². The molecule has 8 heteroatoms. The monoisotopic (exact) mass is 656 g/mol. The summed E-state index contributed by atoms with van der Waals surface area (Å²) in [6.45, 7) is 18.8. The van der Waals surface area contributed by atoms with Gasteiger partial charge >= 0.3 is 23.9 Å². The highest BCUT2D eigenvalue weighted by molar-refractivity contribution is 5.72. The van der Waals surface area contributed by atoms with Gasteiger partial charge in [-0.2, -0.15) is 0 Å². The fourth-order valence-electron chi connectivity index (χ4n) is 12.7. The first kappa shape index (κ1) is 35.9. The zero-order valence-corrected chi connectivity index (χ0v) is 29.8. The molecular weight excluding hydrogens is 596 g/mol. The molecule has 0 aromatic carbocycles. The Bertz CT molecular complexity index is 1270. The molecular formula is C39H60O8. The number of carboxylic acid groups (broad SMARTS) is 2. The number of carbonyl (C=O) groups excluding carboxylic acids is 2. The largest absolute Gasteiger partial charge is 0.481 e. The highest BCUT2D eigenvalue weighted by atomic mass is 16.6. The summed E-state index contributed by atoms with van der Waals surface area (Å²) in [4.78, 5) is 47.9. The van der Waals surface area contributed by atoms with Crippen LogP contribution in [0.15, 0.2) is 12.2 Å². The van der Waals surface area contributed by atoms with Crippen LogP contribution in [0.1, 0.15) is 144 Å². The molecule has 5 fully saturated rings. The first-order valence-corrected chi connectivity index (χ1v) is 18.4. The van der Waals surface area contributed by atoms with Gasteiger partial charge < -0.3 is 19.7 Å². The number of allylic oxidation sites excluding steroid dienone is 1. The second kappa shape index (κ2) is 12.8. The van der Waals surface area contributed by atoms with Crippen LogP contribution in [0.2, 0.25) is 0 Å². The lowest BCUT2D eigenvalue weighted by Crippen LogP contribution is -2.67. The predicted molar refractivity (Wildman–Crippen MR) is 178 cm³/mol. The topological polar surface area (TPSA) is 127 Å². The highest BCUT2D eigenvalue weighted by Gasteiger charge is 2.71. The molecule has 10 atom stereocenters. The Kier molecular flexibility index (Phi) is 9.80. The molecule has 0 bridgehead atoms. The van der Waals surface area contributed by atoms with Crippen LogP contribution in [-0.2, 0) is 28.7 Å². The van der Waals surface area contributed by atoms with Crippen molar-refractivity contribution < 1.29 is 38.9 Å². The summed E-state index contributed by atoms with van der Waals surface area (Å²) in [5, 5.41) is 18.1. The number of hydrogen-bond acceptors (Lipinski definition) is 6. The van der Waals surface area contributed by atoms with Crippen molar-refractivity contribution in [3.05, 3.63) is 12.2 Å².